The summed E-state index contributed by atoms with van der Waals surface area (Å²) in [6.07, 6.45) is 9.06. The summed E-state index contributed by atoms with van der Waals surface area (Å²) in [4.78, 5) is 19.2. The van der Waals surface area contributed by atoms with E-state index in [1.165, 1.54) is 5.57 Å². The fourth-order valence-corrected chi connectivity index (χ4v) is 8.28. The molecule has 3 saturated heterocycles. The number of hydrogen-bond donors (Lipinski definition) is 1. The summed E-state index contributed by atoms with van der Waals surface area (Å²) in [5, 5.41) is 11.1. The van der Waals surface area contributed by atoms with Crippen molar-refractivity contribution >= 4 is 16.7 Å². The number of rotatable bonds is 4. The van der Waals surface area contributed by atoms with E-state index >= 15 is 4.39 Å². The second-order valence-electron chi connectivity index (χ2n) is 13.2. The lowest BCUT2D eigenvalue weighted by molar-refractivity contribution is 0.108. The van der Waals surface area contributed by atoms with Crippen LogP contribution < -0.4 is 14.4 Å². The number of phenols is 1. The minimum Gasteiger partial charge on any atom is -0.508 e. The van der Waals surface area contributed by atoms with Crippen molar-refractivity contribution in [2.24, 2.45) is 0 Å². The van der Waals surface area contributed by atoms with Crippen LogP contribution in [0.4, 0.5) is 10.2 Å². The first-order valence-corrected chi connectivity index (χ1v) is 16.2. The summed E-state index contributed by atoms with van der Waals surface area (Å²) >= 11 is 0. The van der Waals surface area contributed by atoms with Crippen molar-refractivity contribution in [3.8, 4) is 28.9 Å². The molecule has 1 N–H and O–H groups in total. The Morgan fingerprint density at radius 2 is 2.07 bits per heavy atom. The van der Waals surface area contributed by atoms with E-state index in [1.807, 2.05) is 0 Å². The van der Waals surface area contributed by atoms with Gasteiger partial charge in [0.1, 0.15) is 41.4 Å². The number of phenolic OH excluding ortho intramolecular Hbond substituents is 1. The minimum absolute atomic E-state index is 0.0831. The molecule has 0 amide bonds. The summed E-state index contributed by atoms with van der Waals surface area (Å²) in [5.74, 6) is 0.660. The third kappa shape index (κ3) is 4.52. The van der Waals surface area contributed by atoms with E-state index in [9.17, 15) is 5.11 Å². The van der Waals surface area contributed by atoms with Crippen LogP contribution in [0.1, 0.15) is 69.4 Å². The highest BCUT2D eigenvalue weighted by Crippen LogP contribution is 2.46. The van der Waals surface area contributed by atoms with Gasteiger partial charge in [-0.2, -0.15) is 9.97 Å². The van der Waals surface area contributed by atoms with Crippen LogP contribution in [0.25, 0.3) is 22.2 Å². The summed E-state index contributed by atoms with van der Waals surface area (Å²) in [7, 11) is 0. The molecule has 9 nitrogen and oxygen atoms in total. The molecule has 0 saturated carbocycles. The first-order chi connectivity index (χ1) is 21.4. The van der Waals surface area contributed by atoms with Gasteiger partial charge in [-0.05, 0) is 87.6 Å². The van der Waals surface area contributed by atoms with Gasteiger partial charge < -0.3 is 24.2 Å². The zero-order chi connectivity index (χ0) is 30.0. The quantitative estimate of drug-likeness (QED) is 0.388. The average Bonchev–Trinajstić information content (AvgIpc) is 3.41. The Labute approximate surface area is 257 Å². The van der Waals surface area contributed by atoms with Crippen molar-refractivity contribution in [1.29, 1.82) is 0 Å². The van der Waals surface area contributed by atoms with Crippen LogP contribution in [0, 0.1) is 5.82 Å². The van der Waals surface area contributed by atoms with Crippen molar-refractivity contribution in [2.75, 3.05) is 51.0 Å². The molecule has 1 aliphatic carbocycles. The highest BCUT2D eigenvalue weighted by atomic mass is 19.1. The number of benzene rings is 1. The maximum Gasteiger partial charge on any atom is 0.319 e. The molecule has 5 aliphatic rings. The number of anilines is 1. The van der Waals surface area contributed by atoms with Gasteiger partial charge in [-0.3, -0.25) is 4.90 Å². The normalized spacial score (nSPS) is 27.4. The molecular weight excluding hydrogens is 561 g/mol. The molecule has 10 heteroatoms. The van der Waals surface area contributed by atoms with Crippen LogP contribution in [0.15, 0.2) is 23.8 Å². The van der Waals surface area contributed by atoms with Gasteiger partial charge >= 0.3 is 6.01 Å². The number of pyridine rings is 1. The third-order valence-corrected chi connectivity index (χ3v) is 10.5. The number of halogens is 1. The van der Waals surface area contributed by atoms with Crippen LogP contribution in [0.5, 0.6) is 17.6 Å². The fraction of sp³-hybridized carbons (Fsp3) is 0.559. The van der Waals surface area contributed by atoms with Crippen molar-refractivity contribution in [2.45, 2.75) is 76.3 Å². The predicted molar refractivity (Wildman–Crippen MR) is 165 cm³/mol. The molecule has 1 aromatic carbocycles. The summed E-state index contributed by atoms with van der Waals surface area (Å²) in [6, 6.07) is 3.50. The Kier molecular flexibility index (Phi) is 6.90. The number of aryl methyl sites for hydroxylation is 1. The molecule has 6 heterocycles. The molecule has 232 valence electrons. The zero-order valence-corrected chi connectivity index (χ0v) is 25.6. The van der Waals surface area contributed by atoms with Crippen LogP contribution in [0.2, 0.25) is 0 Å². The summed E-state index contributed by atoms with van der Waals surface area (Å²) in [5.41, 5.74) is 4.31. The fourth-order valence-electron chi connectivity index (χ4n) is 8.28. The predicted octanol–water partition coefficient (Wildman–Crippen LogP) is 5.53. The van der Waals surface area contributed by atoms with E-state index in [0.29, 0.717) is 55.6 Å². The second kappa shape index (κ2) is 10.8. The summed E-state index contributed by atoms with van der Waals surface area (Å²) in [6.45, 7) is 8.88. The molecule has 0 spiro atoms. The maximum atomic E-state index is 17.0. The molecule has 3 fully saturated rings. The monoisotopic (exact) mass is 601 g/mol. The molecule has 44 heavy (non-hydrogen) atoms. The molecule has 0 radical (unpaired) electrons. The van der Waals surface area contributed by atoms with Gasteiger partial charge in [-0.25, -0.2) is 9.37 Å². The van der Waals surface area contributed by atoms with E-state index in [0.717, 1.165) is 69.2 Å². The van der Waals surface area contributed by atoms with Crippen molar-refractivity contribution in [1.82, 2.24) is 19.9 Å². The zero-order valence-electron chi connectivity index (χ0n) is 25.6. The molecule has 2 aromatic heterocycles. The summed E-state index contributed by atoms with van der Waals surface area (Å²) < 4.78 is 35.7. The van der Waals surface area contributed by atoms with Gasteiger partial charge in [0.2, 0.25) is 5.88 Å². The van der Waals surface area contributed by atoms with E-state index in [1.54, 1.807) is 12.1 Å². The van der Waals surface area contributed by atoms with Gasteiger partial charge in [0.05, 0.1) is 18.2 Å². The lowest BCUT2D eigenvalue weighted by Crippen LogP contribution is -2.43. The Balaban J connectivity index is 1.29. The molecule has 4 aliphatic heterocycles. The Morgan fingerprint density at radius 3 is 2.95 bits per heavy atom. The number of allylic oxidation sites excluding steroid dienone is 1. The van der Waals surface area contributed by atoms with E-state index in [4.69, 9.17) is 29.2 Å². The Hall–Kier alpha value is -3.50. The van der Waals surface area contributed by atoms with Gasteiger partial charge in [0.25, 0.3) is 0 Å². The molecular formula is C34H40FN5O4. The lowest BCUT2D eigenvalue weighted by Gasteiger charge is -2.31. The number of aromatic hydroxyl groups is 1. The maximum absolute atomic E-state index is 17.0. The van der Waals surface area contributed by atoms with Gasteiger partial charge in [-0.15, -0.1) is 0 Å². The topological polar surface area (TPSA) is 93.1 Å². The van der Waals surface area contributed by atoms with E-state index < -0.39 is 5.82 Å². The lowest BCUT2D eigenvalue weighted by atomic mass is 9.80. The molecule has 3 aromatic rings. The second-order valence-corrected chi connectivity index (χ2v) is 13.2. The molecule has 8 rings (SSSR count). The number of nitrogens with zero attached hydrogens (tertiary/aromatic N) is 5. The molecule has 0 bridgehead atoms. The van der Waals surface area contributed by atoms with Crippen LogP contribution in [-0.2, 0) is 11.2 Å². The van der Waals surface area contributed by atoms with Crippen molar-refractivity contribution in [3.63, 3.8) is 0 Å². The Morgan fingerprint density at radius 1 is 1.16 bits per heavy atom. The molecule has 3 atom stereocenters. The van der Waals surface area contributed by atoms with Gasteiger partial charge in [-0.1, -0.05) is 18.6 Å². The number of aromatic nitrogens is 3. The van der Waals surface area contributed by atoms with Gasteiger partial charge in [0, 0.05) is 25.3 Å². The largest absolute Gasteiger partial charge is 0.508 e. The van der Waals surface area contributed by atoms with Crippen molar-refractivity contribution < 1.29 is 23.7 Å². The first-order valence-electron chi connectivity index (χ1n) is 16.2. The highest BCUT2D eigenvalue weighted by molar-refractivity contribution is 5.97. The SMILES string of the molecule is C/C=C1/CN2CCC[C@@]2(COc2nc3c4c(nc(-c5cc(O)cc6c5[C@H](C)CCC6)c(F)c4n2)OC[C@@H]2COCCCN32)C1. The Bertz CT molecular complexity index is 1660. The number of fused-ring (bicyclic) bond motifs is 4. The standard InChI is InChI=1S/C34H40FN5O4/c1-3-21-15-34(9-5-10-39(34)16-21)19-44-33-37-30-27-31(38-33)40-11-6-12-42-17-23(40)18-43-32(27)36-29(28(30)35)25-14-24(41)13-22-8-4-7-20(2)26(22)25/h3,13-14,20,23,41H,4-12,15-19H2,1-2H3/b21-3+/t20-,23+,34+/m1/s1. The number of ether oxygens (including phenoxy) is 3. The third-order valence-electron chi connectivity index (χ3n) is 10.5. The van der Waals surface area contributed by atoms with Crippen molar-refractivity contribution in [3.05, 3.63) is 40.7 Å². The average molecular weight is 602 g/mol. The van der Waals surface area contributed by atoms with Gasteiger partial charge in [0.15, 0.2) is 5.82 Å². The highest BCUT2D eigenvalue weighted by Gasteiger charge is 2.47. The van der Waals surface area contributed by atoms with E-state index in [2.05, 4.69) is 29.7 Å². The smallest absolute Gasteiger partial charge is 0.319 e. The van der Waals surface area contributed by atoms with Crippen LogP contribution in [-0.4, -0.2) is 82.6 Å². The minimum atomic E-state index is -0.548. The van der Waals surface area contributed by atoms with E-state index in [-0.39, 0.29) is 40.5 Å². The number of hydrogen-bond acceptors (Lipinski definition) is 9. The van der Waals surface area contributed by atoms with Crippen LogP contribution >= 0.6 is 0 Å². The first kappa shape index (κ1) is 28.0. The van der Waals surface area contributed by atoms with Crippen LogP contribution in [0.3, 0.4) is 0 Å². The molecule has 0 unspecified atom stereocenters.